The number of hydrogen-bond acceptors (Lipinski definition) is 4. The van der Waals surface area contributed by atoms with Gasteiger partial charge in [0, 0.05) is 17.2 Å². The van der Waals surface area contributed by atoms with E-state index in [-0.39, 0.29) is 10.7 Å². The number of nitrogens with two attached hydrogens (primary N) is 1. The molecule has 1 aromatic rings. The van der Waals surface area contributed by atoms with E-state index in [4.69, 9.17) is 5.73 Å². The normalized spacial score (nSPS) is 20.7. The molecule has 0 saturated heterocycles. The Hall–Kier alpha value is -1.17. The zero-order chi connectivity index (χ0) is 12.8. The van der Waals surface area contributed by atoms with E-state index in [0.717, 1.165) is 18.5 Å². The molecule has 3 rings (SSSR count). The molecule has 6 heteroatoms. The van der Waals surface area contributed by atoms with Crippen LogP contribution in [0.5, 0.6) is 0 Å². The summed E-state index contributed by atoms with van der Waals surface area (Å²) in [6.07, 6.45) is 6.73. The molecule has 0 unspecified atom stereocenters. The van der Waals surface area contributed by atoms with Crippen molar-refractivity contribution >= 4 is 23.4 Å². The third-order valence-electron chi connectivity index (χ3n) is 3.85. The molecule has 0 aliphatic heterocycles. The lowest BCUT2D eigenvalue weighted by Crippen LogP contribution is -2.32. The molecule has 2 saturated carbocycles. The Bertz CT molecular complexity index is 476. The largest absolute Gasteiger partial charge is 0.395 e. The van der Waals surface area contributed by atoms with E-state index in [1.165, 1.54) is 12.8 Å². The summed E-state index contributed by atoms with van der Waals surface area (Å²) in [7, 11) is 0. The summed E-state index contributed by atoms with van der Waals surface area (Å²) in [5.41, 5.74) is 7.80. The fraction of sp³-hybridized carbons (Fsp3) is 0.667. The van der Waals surface area contributed by atoms with Gasteiger partial charge in [-0.3, -0.25) is 9.89 Å². The second kappa shape index (κ2) is 4.19. The summed E-state index contributed by atoms with van der Waals surface area (Å²) in [6, 6.07) is 0. The minimum absolute atomic E-state index is 0.157. The van der Waals surface area contributed by atoms with Crippen LogP contribution in [0.15, 0.2) is 0 Å². The molecule has 5 nitrogen and oxygen atoms in total. The van der Waals surface area contributed by atoms with Crippen LogP contribution in [0, 0.1) is 0 Å². The fourth-order valence-electron chi connectivity index (χ4n) is 2.14. The summed E-state index contributed by atoms with van der Waals surface area (Å²) < 4.78 is 0.264. The molecule has 0 aromatic carbocycles. The SMILES string of the molecule is CSC1(CNC(=O)c2n[nH]c(C3CC3)c2N)CC1. The third kappa shape index (κ3) is 2.09. The number of H-pyrrole nitrogens is 1. The van der Waals surface area contributed by atoms with Crippen LogP contribution in [0.25, 0.3) is 0 Å². The van der Waals surface area contributed by atoms with Crippen molar-refractivity contribution in [1.82, 2.24) is 15.5 Å². The minimum Gasteiger partial charge on any atom is -0.395 e. The number of rotatable bonds is 5. The molecule has 0 radical (unpaired) electrons. The molecule has 1 heterocycles. The standard InChI is InChI=1S/C12H18N4OS/c1-18-12(4-5-12)6-14-11(17)10-8(13)9(15-16-10)7-2-3-7/h7H,2-6,13H2,1H3,(H,14,17)(H,15,16). The van der Waals surface area contributed by atoms with Crippen molar-refractivity contribution in [2.45, 2.75) is 36.3 Å². The third-order valence-corrected chi connectivity index (χ3v) is 5.26. The van der Waals surface area contributed by atoms with Crippen LogP contribution < -0.4 is 11.1 Å². The van der Waals surface area contributed by atoms with E-state index in [2.05, 4.69) is 21.8 Å². The van der Waals surface area contributed by atoms with Crippen molar-refractivity contribution in [3.8, 4) is 0 Å². The number of aromatic nitrogens is 2. The van der Waals surface area contributed by atoms with Gasteiger partial charge >= 0.3 is 0 Å². The first kappa shape index (κ1) is 11.9. The topological polar surface area (TPSA) is 83.8 Å². The fourth-order valence-corrected chi connectivity index (χ4v) is 2.86. The second-order valence-electron chi connectivity index (χ2n) is 5.24. The lowest BCUT2D eigenvalue weighted by molar-refractivity contribution is 0.0949. The van der Waals surface area contributed by atoms with Crippen LogP contribution >= 0.6 is 11.8 Å². The number of nitrogens with zero attached hydrogens (tertiary/aromatic N) is 1. The smallest absolute Gasteiger partial charge is 0.273 e. The Balaban J connectivity index is 1.65. The van der Waals surface area contributed by atoms with Gasteiger partial charge in [0.05, 0.1) is 11.4 Å². The van der Waals surface area contributed by atoms with Crippen molar-refractivity contribution < 1.29 is 4.79 Å². The van der Waals surface area contributed by atoms with E-state index in [1.54, 1.807) is 0 Å². The van der Waals surface area contributed by atoms with E-state index >= 15 is 0 Å². The van der Waals surface area contributed by atoms with Gasteiger partial charge in [-0.2, -0.15) is 16.9 Å². The predicted molar refractivity (Wildman–Crippen MR) is 72.8 cm³/mol. The van der Waals surface area contributed by atoms with Gasteiger partial charge in [0.15, 0.2) is 5.69 Å². The number of hydrogen-bond donors (Lipinski definition) is 3. The van der Waals surface area contributed by atoms with Crippen LogP contribution in [-0.2, 0) is 0 Å². The number of nitrogen functional groups attached to an aromatic ring is 1. The quantitative estimate of drug-likeness (QED) is 0.754. The van der Waals surface area contributed by atoms with Crippen LogP contribution in [-0.4, -0.2) is 33.7 Å². The van der Waals surface area contributed by atoms with Gasteiger partial charge in [-0.15, -0.1) is 0 Å². The number of amides is 1. The molecule has 2 aliphatic carbocycles. The molecule has 1 amide bonds. The molecule has 0 bridgehead atoms. The zero-order valence-electron chi connectivity index (χ0n) is 10.5. The number of carbonyl (C=O) groups is 1. The average molecular weight is 266 g/mol. The maximum Gasteiger partial charge on any atom is 0.273 e. The Kier molecular flexibility index (Phi) is 2.77. The summed E-state index contributed by atoms with van der Waals surface area (Å²) in [6.45, 7) is 0.706. The van der Waals surface area contributed by atoms with Crippen LogP contribution in [0.1, 0.15) is 47.8 Å². The van der Waals surface area contributed by atoms with Gasteiger partial charge < -0.3 is 11.1 Å². The van der Waals surface area contributed by atoms with Crippen LogP contribution in [0.3, 0.4) is 0 Å². The van der Waals surface area contributed by atoms with Crippen LogP contribution in [0.2, 0.25) is 0 Å². The van der Waals surface area contributed by atoms with E-state index in [1.807, 2.05) is 11.8 Å². The number of carbonyl (C=O) groups excluding carboxylic acids is 1. The first-order valence-electron chi connectivity index (χ1n) is 6.32. The Morgan fingerprint density at radius 1 is 1.61 bits per heavy atom. The lowest BCUT2D eigenvalue weighted by atomic mass is 10.2. The Morgan fingerprint density at radius 2 is 2.33 bits per heavy atom. The monoisotopic (exact) mass is 266 g/mol. The summed E-state index contributed by atoms with van der Waals surface area (Å²) in [5, 5.41) is 9.90. The molecule has 0 atom stereocenters. The Labute approximate surface area is 110 Å². The first-order chi connectivity index (χ1) is 8.65. The predicted octanol–water partition coefficient (Wildman–Crippen LogP) is 1.49. The minimum atomic E-state index is -0.157. The summed E-state index contributed by atoms with van der Waals surface area (Å²) in [4.78, 5) is 12.0. The summed E-state index contributed by atoms with van der Waals surface area (Å²) >= 11 is 1.83. The maximum absolute atomic E-state index is 12.0. The van der Waals surface area contributed by atoms with Gasteiger partial charge in [0.2, 0.25) is 0 Å². The van der Waals surface area contributed by atoms with Crippen molar-refractivity contribution in [3.05, 3.63) is 11.4 Å². The van der Waals surface area contributed by atoms with Crippen molar-refractivity contribution in [1.29, 1.82) is 0 Å². The first-order valence-corrected chi connectivity index (χ1v) is 7.55. The highest BCUT2D eigenvalue weighted by Crippen LogP contribution is 2.46. The molecular weight excluding hydrogens is 248 g/mol. The molecule has 0 spiro atoms. The van der Waals surface area contributed by atoms with Gasteiger partial charge in [0.25, 0.3) is 5.91 Å². The highest BCUT2D eigenvalue weighted by molar-refractivity contribution is 8.00. The number of anilines is 1. The zero-order valence-corrected chi connectivity index (χ0v) is 11.3. The van der Waals surface area contributed by atoms with Gasteiger partial charge in [-0.1, -0.05) is 0 Å². The Morgan fingerprint density at radius 3 is 2.89 bits per heavy atom. The maximum atomic E-state index is 12.0. The molecule has 2 aliphatic rings. The highest BCUT2D eigenvalue weighted by atomic mass is 32.2. The van der Waals surface area contributed by atoms with Gasteiger partial charge in [-0.05, 0) is 31.9 Å². The molecular formula is C12H18N4OS. The second-order valence-corrected chi connectivity index (χ2v) is 6.52. The van der Waals surface area contributed by atoms with E-state index < -0.39 is 0 Å². The van der Waals surface area contributed by atoms with Crippen molar-refractivity contribution in [2.24, 2.45) is 0 Å². The van der Waals surface area contributed by atoms with Gasteiger partial charge in [-0.25, -0.2) is 0 Å². The molecule has 2 fully saturated rings. The highest BCUT2D eigenvalue weighted by Gasteiger charge is 2.42. The molecule has 1 aromatic heterocycles. The molecule has 4 N–H and O–H groups in total. The van der Waals surface area contributed by atoms with Gasteiger partial charge in [0.1, 0.15) is 0 Å². The average Bonchev–Trinajstić information content (AvgIpc) is 3.28. The summed E-state index contributed by atoms with van der Waals surface area (Å²) in [5.74, 6) is 0.330. The number of nitrogens with one attached hydrogen (secondary N) is 2. The van der Waals surface area contributed by atoms with Crippen molar-refractivity contribution in [3.63, 3.8) is 0 Å². The number of thioether (sulfide) groups is 1. The van der Waals surface area contributed by atoms with E-state index in [0.29, 0.717) is 23.8 Å². The lowest BCUT2D eigenvalue weighted by Gasteiger charge is -2.12. The number of aromatic amines is 1. The molecule has 98 valence electrons. The van der Waals surface area contributed by atoms with Crippen molar-refractivity contribution in [2.75, 3.05) is 18.5 Å². The van der Waals surface area contributed by atoms with Crippen LogP contribution in [0.4, 0.5) is 5.69 Å². The van der Waals surface area contributed by atoms with E-state index in [9.17, 15) is 4.79 Å². The molecule has 18 heavy (non-hydrogen) atoms.